The summed E-state index contributed by atoms with van der Waals surface area (Å²) in [7, 11) is 0. The molecule has 0 atom stereocenters. The Labute approximate surface area is 114 Å². The van der Waals surface area contributed by atoms with E-state index in [0.717, 1.165) is 23.3 Å². The third-order valence-corrected chi connectivity index (χ3v) is 3.17. The number of nitrogens with one attached hydrogen (secondary N) is 1. The maximum atomic E-state index is 12.0. The Morgan fingerprint density at radius 2 is 2.11 bits per heavy atom. The molecule has 19 heavy (non-hydrogen) atoms. The van der Waals surface area contributed by atoms with Crippen LogP contribution in [0, 0.1) is 0 Å². The van der Waals surface area contributed by atoms with Crippen molar-refractivity contribution in [2.24, 2.45) is 0 Å². The van der Waals surface area contributed by atoms with Crippen LogP contribution < -0.4 is 10.1 Å². The molecule has 0 aliphatic carbocycles. The lowest BCUT2D eigenvalue weighted by atomic mass is 10.1. The second-order valence-electron chi connectivity index (χ2n) is 4.55. The quantitative estimate of drug-likeness (QED) is 0.836. The third kappa shape index (κ3) is 4.28. The summed E-state index contributed by atoms with van der Waals surface area (Å²) < 4.78 is 41.4. The van der Waals surface area contributed by atoms with Gasteiger partial charge in [0.1, 0.15) is 5.75 Å². The van der Waals surface area contributed by atoms with Gasteiger partial charge in [-0.3, -0.25) is 0 Å². The first-order valence-electron chi connectivity index (χ1n) is 6.17. The lowest BCUT2D eigenvalue weighted by molar-refractivity contribution is -0.135. The number of benzene rings is 1. The van der Waals surface area contributed by atoms with E-state index in [4.69, 9.17) is 16.3 Å². The minimum Gasteiger partial charge on any atom is -0.493 e. The largest absolute Gasteiger partial charge is 0.493 e. The fourth-order valence-electron chi connectivity index (χ4n) is 2.11. The van der Waals surface area contributed by atoms with E-state index < -0.39 is 12.6 Å². The number of hydrogen-bond donors (Lipinski definition) is 1. The van der Waals surface area contributed by atoms with Crippen molar-refractivity contribution < 1.29 is 17.9 Å². The van der Waals surface area contributed by atoms with E-state index in [9.17, 15) is 13.2 Å². The summed E-state index contributed by atoms with van der Waals surface area (Å²) >= 11 is 6.00. The van der Waals surface area contributed by atoms with E-state index in [-0.39, 0.29) is 6.42 Å². The van der Waals surface area contributed by atoms with Crippen molar-refractivity contribution in [3.63, 3.8) is 0 Å². The lowest BCUT2D eigenvalue weighted by Crippen LogP contribution is -2.18. The molecule has 106 valence electrons. The minimum absolute atomic E-state index is 0.0765. The highest BCUT2D eigenvalue weighted by atomic mass is 35.5. The monoisotopic (exact) mass is 293 g/mol. The van der Waals surface area contributed by atoms with Crippen molar-refractivity contribution in [3.05, 3.63) is 28.3 Å². The Morgan fingerprint density at radius 3 is 2.84 bits per heavy atom. The molecule has 2 nitrogen and oxygen atoms in total. The first-order chi connectivity index (χ1) is 8.96. The molecule has 0 saturated heterocycles. The summed E-state index contributed by atoms with van der Waals surface area (Å²) in [5.74, 6) is 0.827. The SMILES string of the molecule is FC(F)(F)CCCNCc1cc(Cl)cc2c1OCC2. The van der Waals surface area contributed by atoms with Gasteiger partial charge in [-0.05, 0) is 30.7 Å². The molecule has 1 aromatic rings. The molecule has 0 amide bonds. The highest BCUT2D eigenvalue weighted by molar-refractivity contribution is 6.30. The number of fused-ring (bicyclic) bond motifs is 1. The summed E-state index contributed by atoms with van der Waals surface area (Å²) in [4.78, 5) is 0. The topological polar surface area (TPSA) is 21.3 Å². The molecule has 1 aliphatic rings. The average Bonchev–Trinajstić information content (AvgIpc) is 2.74. The molecular weight excluding hydrogens is 279 g/mol. The summed E-state index contributed by atoms with van der Waals surface area (Å²) in [5.41, 5.74) is 1.98. The van der Waals surface area contributed by atoms with Gasteiger partial charge in [-0.15, -0.1) is 0 Å². The zero-order valence-corrected chi connectivity index (χ0v) is 11.1. The van der Waals surface area contributed by atoms with Crippen molar-refractivity contribution in [1.82, 2.24) is 5.32 Å². The predicted octanol–water partition coefficient (Wildman–Crippen LogP) is 3.71. The van der Waals surface area contributed by atoms with E-state index in [1.54, 1.807) is 6.07 Å². The lowest BCUT2D eigenvalue weighted by Gasteiger charge is -2.11. The van der Waals surface area contributed by atoms with Crippen LogP contribution in [0.2, 0.25) is 5.02 Å². The van der Waals surface area contributed by atoms with E-state index in [1.807, 2.05) is 6.07 Å². The first kappa shape index (κ1) is 14.5. The molecule has 0 radical (unpaired) electrons. The maximum Gasteiger partial charge on any atom is 0.389 e. The molecule has 1 N–H and O–H groups in total. The fraction of sp³-hybridized carbons (Fsp3) is 0.538. The van der Waals surface area contributed by atoms with Gasteiger partial charge < -0.3 is 10.1 Å². The number of halogens is 4. The van der Waals surface area contributed by atoms with Crippen LogP contribution in [-0.4, -0.2) is 19.3 Å². The van der Waals surface area contributed by atoms with Crippen molar-refractivity contribution in [3.8, 4) is 5.75 Å². The number of hydrogen-bond acceptors (Lipinski definition) is 2. The predicted molar refractivity (Wildman–Crippen MR) is 67.6 cm³/mol. The standard InChI is InChI=1S/C13H15ClF3NO/c14-11-6-9-2-5-19-12(9)10(7-11)8-18-4-1-3-13(15,16)17/h6-7,18H,1-5,8H2. The summed E-state index contributed by atoms with van der Waals surface area (Å²) in [5, 5.41) is 3.63. The normalized spacial score (nSPS) is 14.3. The second kappa shape index (κ2) is 6.01. The molecule has 0 aromatic heterocycles. The van der Waals surface area contributed by atoms with Gasteiger partial charge in [-0.25, -0.2) is 0 Å². The van der Waals surface area contributed by atoms with Crippen LogP contribution >= 0.6 is 11.6 Å². The van der Waals surface area contributed by atoms with Crippen LogP contribution in [0.4, 0.5) is 13.2 Å². The molecule has 1 aliphatic heterocycles. The van der Waals surface area contributed by atoms with Crippen molar-refractivity contribution in [2.45, 2.75) is 32.0 Å². The van der Waals surface area contributed by atoms with Crippen LogP contribution in [0.5, 0.6) is 5.75 Å². The Hall–Kier alpha value is -0.940. The van der Waals surface area contributed by atoms with E-state index in [1.165, 1.54) is 0 Å². The summed E-state index contributed by atoms with van der Waals surface area (Å²) in [6.45, 7) is 1.43. The zero-order chi connectivity index (χ0) is 13.9. The average molecular weight is 294 g/mol. The van der Waals surface area contributed by atoms with Crippen molar-refractivity contribution in [2.75, 3.05) is 13.2 Å². The van der Waals surface area contributed by atoms with E-state index in [0.29, 0.717) is 24.7 Å². The van der Waals surface area contributed by atoms with Crippen LogP contribution in [-0.2, 0) is 13.0 Å². The molecule has 1 heterocycles. The molecule has 0 saturated carbocycles. The smallest absolute Gasteiger partial charge is 0.389 e. The van der Waals surface area contributed by atoms with Crippen LogP contribution in [0.25, 0.3) is 0 Å². The second-order valence-corrected chi connectivity index (χ2v) is 4.98. The molecule has 1 aromatic carbocycles. The highest BCUT2D eigenvalue weighted by Gasteiger charge is 2.25. The molecule has 0 spiro atoms. The Bertz CT molecular complexity index is 448. The Kier molecular flexibility index (Phi) is 4.58. The van der Waals surface area contributed by atoms with Crippen LogP contribution in [0.1, 0.15) is 24.0 Å². The fourth-order valence-corrected chi connectivity index (χ4v) is 2.38. The van der Waals surface area contributed by atoms with Gasteiger partial charge in [-0.2, -0.15) is 13.2 Å². The van der Waals surface area contributed by atoms with Crippen molar-refractivity contribution >= 4 is 11.6 Å². The highest BCUT2D eigenvalue weighted by Crippen LogP contribution is 2.32. The molecule has 0 unspecified atom stereocenters. The van der Waals surface area contributed by atoms with Gasteiger partial charge in [0.25, 0.3) is 0 Å². The third-order valence-electron chi connectivity index (χ3n) is 2.95. The molecular formula is C13H15ClF3NO. The van der Waals surface area contributed by atoms with Gasteiger partial charge in [0.15, 0.2) is 0 Å². The van der Waals surface area contributed by atoms with Crippen LogP contribution in [0.3, 0.4) is 0 Å². The molecule has 2 rings (SSSR count). The maximum absolute atomic E-state index is 12.0. The Balaban J connectivity index is 1.84. The Morgan fingerprint density at radius 1 is 1.32 bits per heavy atom. The summed E-state index contributed by atoms with van der Waals surface area (Å²) in [6, 6.07) is 3.67. The van der Waals surface area contributed by atoms with Gasteiger partial charge in [0.05, 0.1) is 6.61 Å². The number of alkyl halides is 3. The van der Waals surface area contributed by atoms with Gasteiger partial charge >= 0.3 is 6.18 Å². The molecule has 0 bridgehead atoms. The van der Waals surface area contributed by atoms with Crippen LogP contribution in [0.15, 0.2) is 12.1 Å². The number of rotatable bonds is 5. The first-order valence-corrected chi connectivity index (χ1v) is 6.55. The number of ether oxygens (including phenoxy) is 1. The van der Waals surface area contributed by atoms with E-state index in [2.05, 4.69) is 5.32 Å². The van der Waals surface area contributed by atoms with Gasteiger partial charge in [0, 0.05) is 30.0 Å². The molecule has 0 fully saturated rings. The van der Waals surface area contributed by atoms with Crippen molar-refractivity contribution in [1.29, 1.82) is 0 Å². The van der Waals surface area contributed by atoms with E-state index >= 15 is 0 Å². The van der Waals surface area contributed by atoms with Gasteiger partial charge in [-0.1, -0.05) is 11.6 Å². The summed E-state index contributed by atoms with van der Waals surface area (Å²) in [6.07, 6.45) is -3.93. The minimum atomic E-state index is -4.08. The van der Waals surface area contributed by atoms with Gasteiger partial charge in [0.2, 0.25) is 0 Å². The molecule has 6 heteroatoms. The zero-order valence-electron chi connectivity index (χ0n) is 10.3.